The van der Waals surface area contributed by atoms with Gasteiger partial charge in [0.15, 0.2) is 0 Å². The summed E-state index contributed by atoms with van der Waals surface area (Å²) in [4.78, 5) is 0. The van der Waals surface area contributed by atoms with Crippen LogP contribution in [-0.2, 0) is 0 Å². The predicted octanol–water partition coefficient (Wildman–Crippen LogP) is 4.26. The topological polar surface area (TPSA) is 35.0 Å². The van der Waals surface area contributed by atoms with E-state index >= 15 is 0 Å². The largest absolute Gasteiger partial charge is 0.573 e. The molecule has 0 amide bonds. The van der Waals surface area contributed by atoms with E-state index in [4.69, 9.17) is 0 Å². The van der Waals surface area contributed by atoms with Crippen LogP contribution in [0.4, 0.5) is 13.2 Å². The van der Waals surface area contributed by atoms with E-state index in [0.29, 0.717) is 0 Å². The van der Waals surface area contributed by atoms with Gasteiger partial charge in [-0.15, -0.1) is 13.2 Å². The number of rotatable bonds is 2. The second-order valence-electron chi connectivity index (χ2n) is 4.01. The third kappa shape index (κ3) is 2.57. The molecule has 0 N–H and O–H groups in total. The van der Waals surface area contributed by atoms with E-state index in [-0.39, 0.29) is 5.75 Å². The third-order valence-corrected chi connectivity index (χ3v) is 3.23. The first-order chi connectivity index (χ1) is 9.53. The summed E-state index contributed by atoms with van der Waals surface area (Å²) in [5.74, 6) is -0.246. The van der Waals surface area contributed by atoms with E-state index in [1.807, 2.05) is 18.2 Å². The number of benzene rings is 2. The van der Waals surface area contributed by atoms with Crippen LogP contribution in [0.2, 0.25) is 0 Å². The van der Waals surface area contributed by atoms with Crippen molar-refractivity contribution in [1.82, 2.24) is 8.75 Å². The molecule has 2 aromatic carbocycles. The number of alkyl halides is 3. The molecular formula is C13H7F3N2OS. The Labute approximate surface area is 116 Å². The number of ether oxygens (including phenoxy) is 1. The van der Waals surface area contributed by atoms with E-state index in [2.05, 4.69) is 13.5 Å². The van der Waals surface area contributed by atoms with Crippen molar-refractivity contribution in [3.05, 3.63) is 42.5 Å². The molecule has 20 heavy (non-hydrogen) atoms. The Morgan fingerprint density at radius 1 is 0.950 bits per heavy atom. The number of nitrogens with zero attached hydrogens (tertiary/aromatic N) is 2. The van der Waals surface area contributed by atoms with Gasteiger partial charge in [-0.3, -0.25) is 0 Å². The van der Waals surface area contributed by atoms with E-state index in [1.54, 1.807) is 12.1 Å². The molecule has 7 heteroatoms. The number of aromatic nitrogens is 2. The second-order valence-corrected chi connectivity index (χ2v) is 4.54. The van der Waals surface area contributed by atoms with Crippen molar-refractivity contribution in [3.63, 3.8) is 0 Å². The van der Waals surface area contributed by atoms with Gasteiger partial charge in [0, 0.05) is 5.56 Å². The van der Waals surface area contributed by atoms with Gasteiger partial charge in [-0.05, 0) is 23.8 Å². The average molecular weight is 296 g/mol. The van der Waals surface area contributed by atoms with E-state index in [9.17, 15) is 13.2 Å². The summed E-state index contributed by atoms with van der Waals surface area (Å²) in [6, 6.07) is 11.2. The average Bonchev–Trinajstić information content (AvgIpc) is 2.86. The maximum Gasteiger partial charge on any atom is 0.573 e. The van der Waals surface area contributed by atoms with Crippen LogP contribution in [0.5, 0.6) is 5.75 Å². The molecule has 0 saturated carbocycles. The minimum Gasteiger partial charge on any atom is -0.406 e. The molecule has 0 atom stereocenters. The van der Waals surface area contributed by atoms with Crippen LogP contribution in [-0.4, -0.2) is 15.1 Å². The molecule has 0 bridgehead atoms. The summed E-state index contributed by atoms with van der Waals surface area (Å²) in [6.45, 7) is 0. The molecule has 3 nitrogen and oxygen atoms in total. The van der Waals surface area contributed by atoms with Crippen molar-refractivity contribution in [3.8, 4) is 16.9 Å². The first-order valence-electron chi connectivity index (χ1n) is 5.60. The Kier molecular flexibility index (Phi) is 3.06. The van der Waals surface area contributed by atoms with Crippen LogP contribution in [0.3, 0.4) is 0 Å². The van der Waals surface area contributed by atoms with Crippen LogP contribution >= 0.6 is 11.7 Å². The fraction of sp³-hybridized carbons (Fsp3) is 0.0769. The normalized spacial score (nSPS) is 11.8. The van der Waals surface area contributed by atoms with Crippen LogP contribution in [0, 0.1) is 0 Å². The number of fused-ring (bicyclic) bond motifs is 1. The van der Waals surface area contributed by atoms with E-state index in [0.717, 1.165) is 33.9 Å². The Morgan fingerprint density at radius 2 is 1.70 bits per heavy atom. The molecule has 0 fully saturated rings. The monoisotopic (exact) mass is 296 g/mol. The molecular weight excluding hydrogens is 289 g/mol. The summed E-state index contributed by atoms with van der Waals surface area (Å²) < 4.78 is 48.4. The maximum absolute atomic E-state index is 12.1. The number of hydrogen-bond acceptors (Lipinski definition) is 4. The third-order valence-electron chi connectivity index (χ3n) is 2.68. The zero-order valence-electron chi connectivity index (χ0n) is 9.89. The van der Waals surface area contributed by atoms with Crippen molar-refractivity contribution >= 4 is 22.8 Å². The highest BCUT2D eigenvalue weighted by Crippen LogP contribution is 2.30. The smallest absolute Gasteiger partial charge is 0.406 e. The lowest BCUT2D eigenvalue weighted by molar-refractivity contribution is -0.274. The fourth-order valence-electron chi connectivity index (χ4n) is 1.88. The Morgan fingerprint density at radius 3 is 2.40 bits per heavy atom. The summed E-state index contributed by atoms with van der Waals surface area (Å²) in [7, 11) is 0. The maximum atomic E-state index is 12.1. The summed E-state index contributed by atoms with van der Waals surface area (Å²) in [5, 5.41) is 0. The molecule has 0 radical (unpaired) electrons. The molecule has 0 aliphatic carbocycles. The predicted molar refractivity (Wildman–Crippen MR) is 69.5 cm³/mol. The van der Waals surface area contributed by atoms with Gasteiger partial charge < -0.3 is 4.74 Å². The summed E-state index contributed by atoms with van der Waals surface area (Å²) in [6.07, 6.45) is -4.68. The van der Waals surface area contributed by atoms with Crippen molar-refractivity contribution in [2.45, 2.75) is 6.36 Å². The molecule has 0 unspecified atom stereocenters. The van der Waals surface area contributed by atoms with Crippen LogP contribution in [0.15, 0.2) is 42.5 Å². The zero-order chi connectivity index (χ0) is 14.2. The van der Waals surface area contributed by atoms with Gasteiger partial charge in [0.2, 0.25) is 0 Å². The van der Waals surface area contributed by atoms with Gasteiger partial charge in [-0.1, -0.05) is 24.3 Å². The lowest BCUT2D eigenvalue weighted by Crippen LogP contribution is -2.16. The van der Waals surface area contributed by atoms with Gasteiger partial charge >= 0.3 is 6.36 Å². The first kappa shape index (κ1) is 12.9. The van der Waals surface area contributed by atoms with Gasteiger partial charge in [0.25, 0.3) is 0 Å². The van der Waals surface area contributed by atoms with E-state index in [1.165, 1.54) is 12.1 Å². The van der Waals surface area contributed by atoms with Crippen molar-refractivity contribution in [1.29, 1.82) is 0 Å². The van der Waals surface area contributed by atoms with Crippen molar-refractivity contribution < 1.29 is 17.9 Å². The second kappa shape index (κ2) is 4.75. The molecule has 3 rings (SSSR count). The molecule has 0 aliphatic heterocycles. The lowest BCUT2D eigenvalue weighted by atomic mass is 10.0. The summed E-state index contributed by atoms with van der Waals surface area (Å²) >= 11 is 1.10. The highest BCUT2D eigenvalue weighted by Gasteiger charge is 2.30. The highest BCUT2D eigenvalue weighted by atomic mass is 32.1. The molecule has 102 valence electrons. The molecule has 0 spiro atoms. The lowest BCUT2D eigenvalue weighted by Gasteiger charge is -2.09. The molecule has 3 aromatic rings. The summed E-state index contributed by atoms with van der Waals surface area (Å²) in [5.41, 5.74) is 3.10. The molecule has 0 saturated heterocycles. The van der Waals surface area contributed by atoms with Crippen molar-refractivity contribution in [2.24, 2.45) is 0 Å². The fourth-order valence-corrected chi connectivity index (χ4v) is 2.42. The van der Waals surface area contributed by atoms with Crippen LogP contribution in [0.25, 0.3) is 22.2 Å². The quantitative estimate of drug-likeness (QED) is 0.709. The Balaban J connectivity index is 1.97. The van der Waals surface area contributed by atoms with Gasteiger partial charge in [0.05, 0.1) is 11.7 Å². The van der Waals surface area contributed by atoms with Crippen molar-refractivity contribution in [2.75, 3.05) is 0 Å². The minimum absolute atomic E-state index is 0.246. The number of halogens is 3. The standard InChI is InChI=1S/C13H7F3N2OS/c14-13(15,16)19-9-6-4-8(5-7-9)10-2-1-3-11-12(10)18-20-17-11/h1-7H. The number of hydrogen-bond donors (Lipinski definition) is 0. The molecule has 1 heterocycles. The van der Waals surface area contributed by atoms with Gasteiger partial charge in [-0.2, -0.15) is 8.75 Å². The Hall–Kier alpha value is -2.15. The van der Waals surface area contributed by atoms with E-state index < -0.39 is 6.36 Å². The van der Waals surface area contributed by atoms with Crippen LogP contribution in [0.1, 0.15) is 0 Å². The minimum atomic E-state index is -4.68. The zero-order valence-corrected chi connectivity index (χ0v) is 10.7. The van der Waals surface area contributed by atoms with Crippen LogP contribution < -0.4 is 4.74 Å². The van der Waals surface area contributed by atoms with Gasteiger partial charge in [-0.25, -0.2) is 0 Å². The molecule has 1 aromatic heterocycles. The van der Waals surface area contributed by atoms with Gasteiger partial charge in [0.1, 0.15) is 16.8 Å². The first-order valence-corrected chi connectivity index (χ1v) is 6.33. The SMILES string of the molecule is FC(F)(F)Oc1ccc(-c2cccc3nsnc23)cc1. The molecule has 0 aliphatic rings. The highest BCUT2D eigenvalue weighted by molar-refractivity contribution is 7.00. The Bertz CT molecular complexity index is 737.